The highest BCUT2D eigenvalue weighted by Gasteiger charge is 2.60. The van der Waals surface area contributed by atoms with Crippen molar-refractivity contribution >= 4 is 34.2 Å². The van der Waals surface area contributed by atoms with E-state index in [9.17, 15) is 9.59 Å². The summed E-state index contributed by atoms with van der Waals surface area (Å²) >= 11 is 0. The van der Waals surface area contributed by atoms with Crippen LogP contribution in [0.25, 0.3) is 11.0 Å². The first-order valence-corrected chi connectivity index (χ1v) is 10.1. The van der Waals surface area contributed by atoms with E-state index in [0.29, 0.717) is 22.3 Å². The minimum absolute atomic E-state index is 0.0946. The van der Waals surface area contributed by atoms with Gasteiger partial charge in [-0.2, -0.15) is 0 Å². The predicted octanol–water partition coefficient (Wildman–Crippen LogP) is 5.86. The van der Waals surface area contributed by atoms with Crippen LogP contribution in [0.3, 0.4) is 0 Å². The Labute approximate surface area is 176 Å². The van der Waals surface area contributed by atoms with Gasteiger partial charge in [-0.15, -0.1) is 0 Å². The van der Waals surface area contributed by atoms with E-state index >= 15 is 0 Å². The molecule has 3 aromatic rings. The molecular formula is C25H26N2O3. The molecule has 30 heavy (non-hydrogen) atoms. The van der Waals surface area contributed by atoms with E-state index in [0.717, 1.165) is 0 Å². The number of fused-ring (bicyclic) bond motifs is 1. The highest BCUT2D eigenvalue weighted by Crippen LogP contribution is 2.59. The predicted molar refractivity (Wildman–Crippen MR) is 119 cm³/mol. The molecule has 2 N–H and O–H groups in total. The lowest BCUT2D eigenvalue weighted by Crippen LogP contribution is -2.20. The summed E-state index contributed by atoms with van der Waals surface area (Å²) in [5.74, 6) is -0.356. The largest absolute Gasteiger partial charge is 0.449 e. The summed E-state index contributed by atoms with van der Waals surface area (Å²) in [5.41, 5.74) is 2.71. The first-order valence-electron chi connectivity index (χ1n) is 10.1. The fraction of sp³-hybridized carbons (Fsp3) is 0.280. The lowest BCUT2D eigenvalue weighted by Gasteiger charge is -2.08. The molecule has 1 aliphatic carbocycles. The molecular weight excluding hydrogens is 376 g/mol. The van der Waals surface area contributed by atoms with E-state index in [1.165, 1.54) is 5.57 Å². The SMILES string of the molecule is CC(C)=C[C@H]1[C@H](C(=O)Nc2c(C(=O)Nc3ccccc3)oc3ccccc23)C1(C)C. The molecule has 0 unspecified atom stereocenters. The Morgan fingerprint density at radius 3 is 2.33 bits per heavy atom. The number of allylic oxidation sites excluding steroid dienone is 2. The molecule has 1 aromatic heterocycles. The Balaban J connectivity index is 1.65. The van der Waals surface area contributed by atoms with Gasteiger partial charge in [0.05, 0.1) is 5.92 Å². The Bertz CT molecular complexity index is 1140. The zero-order chi connectivity index (χ0) is 21.5. The molecule has 2 atom stereocenters. The van der Waals surface area contributed by atoms with Gasteiger partial charge in [0.25, 0.3) is 5.91 Å². The molecule has 0 radical (unpaired) electrons. The number of nitrogens with one attached hydrogen (secondary N) is 2. The zero-order valence-corrected chi connectivity index (χ0v) is 17.7. The van der Waals surface area contributed by atoms with Crippen LogP contribution in [0.5, 0.6) is 0 Å². The van der Waals surface area contributed by atoms with Crippen molar-refractivity contribution in [1.29, 1.82) is 0 Å². The van der Waals surface area contributed by atoms with Crippen molar-refractivity contribution in [3.05, 3.63) is 72.0 Å². The monoisotopic (exact) mass is 402 g/mol. The lowest BCUT2D eigenvalue weighted by atomic mass is 10.1. The van der Waals surface area contributed by atoms with Crippen LogP contribution in [0.15, 0.2) is 70.7 Å². The van der Waals surface area contributed by atoms with Crippen molar-refractivity contribution in [2.24, 2.45) is 17.3 Å². The topological polar surface area (TPSA) is 71.3 Å². The standard InChI is InChI=1S/C25H26N2O3/c1-15(2)14-18-20(25(18,3)4)23(28)27-21-17-12-8-9-13-19(17)30-22(21)24(29)26-16-10-6-5-7-11-16/h5-14,18,20H,1-4H3,(H,26,29)(H,27,28)/t18-,20+/m0/s1. The highest BCUT2D eigenvalue weighted by atomic mass is 16.3. The summed E-state index contributed by atoms with van der Waals surface area (Å²) in [7, 11) is 0. The molecule has 0 aliphatic heterocycles. The first-order chi connectivity index (χ1) is 14.3. The zero-order valence-electron chi connectivity index (χ0n) is 17.7. The number of amides is 2. The fourth-order valence-corrected chi connectivity index (χ4v) is 4.09. The molecule has 4 rings (SSSR count). The van der Waals surface area contributed by atoms with Crippen LogP contribution in [-0.2, 0) is 4.79 Å². The first kappa shape index (κ1) is 20.0. The number of carbonyl (C=O) groups is 2. The third kappa shape index (κ3) is 3.63. The van der Waals surface area contributed by atoms with Crippen LogP contribution in [-0.4, -0.2) is 11.8 Å². The maximum atomic E-state index is 13.1. The summed E-state index contributed by atoms with van der Waals surface area (Å²) in [6.45, 7) is 8.27. The maximum Gasteiger partial charge on any atom is 0.293 e. The summed E-state index contributed by atoms with van der Waals surface area (Å²) < 4.78 is 5.84. The number of hydrogen-bond donors (Lipinski definition) is 2. The smallest absolute Gasteiger partial charge is 0.293 e. The molecule has 1 heterocycles. The van der Waals surface area contributed by atoms with Gasteiger partial charge in [-0.1, -0.05) is 55.8 Å². The second-order valence-corrected chi connectivity index (χ2v) is 8.68. The van der Waals surface area contributed by atoms with E-state index in [-0.39, 0.29) is 28.9 Å². The van der Waals surface area contributed by atoms with E-state index in [4.69, 9.17) is 4.42 Å². The molecule has 1 aliphatic rings. The number of rotatable bonds is 5. The molecule has 2 amide bonds. The maximum absolute atomic E-state index is 13.1. The number of furan rings is 1. The van der Waals surface area contributed by atoms with Crippen LogP contribution in [0.4, 0.5) is 11.4 Å². The molecule has 5 nitrogen and oxygen atoms in total. The molecule has 5 heteroatoms. The van der Waals surface area contributed by atoms with Gasteiger partial charge in [-0.3, -0.25) is 9.59 Å². The number of anilines is 2. The van der Waals surface area contributed by atoms with Crippen LogP contribution in [0, 0.1) is 17.3 Å². The number of carbonyl (C=O) groups excluding carboxylic acids is 2. The molecule has 1 saturated carbocycles. The summed E-state index contributed by atoms with van der Waals surface area (Å²) in [6, 6.07) is 16.5. The van der Waals surface area contributed by atoms with Crippen LogP contribution in [0.2, 0.25) is 0 Å². The average molecular weight is 402 g/mol. The second kappa shape index (κ2) is 7.48. The lowest BCUT2D eigenvalue weighted by molar-refractivity contribution is -0.118. The molecule has 0 saturated heterocycles. The van der Waals surface area contributed by atoms with Crippen LogP contribution >= 0.6 is 0 Å². The van der Waals surface area contributed by atoms with Gasteiger partial charge in [-0.05, 0) is 49.4 Å². The van der Waals surface area contributed by atoms with Crippen molar-refractivity contribution < 1.29 is 14.0 Å². The van der Waals surface area contributed by atoms with Gasteiger partial charge in [0.2, 0.25) is 11.7 Å². The minimum atomic E-state index is -0.399. The van der Waals surface area contributed by atoms with Crippen molar-refractivity contribution in [2.45, 2.75) is 27.7 Å². The number of hydrogen-bond acceptors (Lipinski definition) is 3. The number of para-hydroxylation sites is 2. The van der Waals surface area contributed by atoms with Crippen molar-refractivity contribution in [2.75, 3.05) is 10.6 Å². The van der Waals surface area contributed by atoms with Gasteiger partial charge in [0, 0.05) is 11.1 Å². The van der Waals surface area contributed by atoms with Crippen molar-refractivity contribution in [3.63, 3.8) is 0 Å². The third-order valence-corrected chi connectivity index (χ3v) is 5.79. The van der Waals surface area contributed by atoms with E-state index in [1.807, 2.05) is 50.2 Å². The molecule has 0 bridgehead atoms. The Hall–Kier alpha value is -3.34. The molecule has 154 valence electrons. The minimum Gasteiger partial charge on any atom is -0.449 e. The molecule has 0 spiro atoms. The summed E-state index contributed by atoms with van der Waals surface area (Å²) in [6.07, 6.45) is 2.15. The highest BCUT2D eigenvalue weighted by molar-refractivity contribution is 6.15. The second-order valence-electron chi connectivity index (χ2n) is 8.68. The van der Waals surface area contributed by atoms with E-state index < -0.39 is 5.91 Å². The van der Waals surface area contributed by atoms with E-state index in [2.05, 4.69) is 30.6 Å². The van der Waals surface area contributed by atoms with Gasteiger partial charge >= 0.3 is 0 Å². The van der Waals surface area contributed by atoms with Gasteiger partial charge in [0.15, 0.2) is 0 Å². The summed E-state index contributed by atoms with van der Waals surface area (Å²) in [5, 5.41) is 6.54. The summed E-state index contributed by atoms with van der Waals surface area (Å²) in [4.78, 5) is 26.1. The number of benzene rings is 2. The van der Waals surface area contributed by atoms with Gasteiger partial charge < -0.3 is 15.1 Å². The quantitative estimate of drug-likeness (QED) is 0.525. The molecule has 2 aromatic carbocycles. The van der Waals surface area contributed by atoms with Crippen LogP contribution < -0.4 is 10.6 Å². The molecule has 1 fully saturated rings. The van der Waals surface area contributed by atoms with Crippen LogP contribution in [0.1, 0.15) is 38.2 Å². The normalized spacial score (nSPS) is 19.2. The third-order valence-electron chi connectivity index (χ3n) is 5.79. The average Bonchev–Trinajstić information content (AvgIpc) is 3.05. The van der Waals surface area contributed by atoms with Crippen molar-refractivity contribution in [3.8, 4) is 0 Å². The van der Waals surface area contributed by atoms with Gasteiger partial charge in [0.1, 0.15) is 11.3 Å². The Morgan fingerprint density at radius 2 is 1.63 bits per heavy atom. The fourth-order valence-electron chi connectivity index (χ4n) is 4.09. The van der Waals surface area contributed by atoms with E-state index in [1.54, 1.807) is 18.2 Å². The Morgan fingerprint density at radius 1 is 0.967 bits per heavy atom. The van der Waals surface area contributed by atoms with Crippen molar-refractivity contribution in [1.82, 2.24) is 0 Å². The Kier molecular flexibility index (Phi) is 4.98. The van der Waals surface area contributed by atoms with Gasteiger partial charge in [-0.25, -0.2) is 0 Å².